The van der Waals surface area contributed by atoms with Crippen LogP contribution in [0.2, 0.25) is 0 Å². The molecule has 1 aromatic carbocycles. The Kier molecular flexibility index (Phi) is 5.27. The summed E-state index contributed by atoms with van der Waals surface area (Å²) in [7, 11) is 0. The number of benzene rings is 1. The van der Waals surface area contributed by atoms with Gasteiger partial charge in [0, 0.05) is 23.9 Å². The molecule has 3 heterocycles. The molecule has 0 aliphatic heterocycles. The van der Waals surface area contributed by atoms with Gasteiger partial charge in [-0.2, -0.15) is 0 Å². The van der Waals surface area contributed by atoms with E-state index in [1.807, 2.05) is 31.2 Å². The first-order valence-corrected chi connectivity index (χ1v) is 9.94. The summed E-state index contributed by atoms with van der Waals surface area (Å²) in [5.41, 5.74) is 2.85. The Balaban J connectivity index is 1.76. The number of nitrogens with zero attached hydrogens (tertiary/aromatic N) is 2. The summed E-state index contributed by atoms with van der Waals surface area (Å²) in [6, 6.07) is 9.17. The number of aryl methyl sites for hydroxylation is 1. The lowest BCUT2D eigenvalue weighted by atomic mass is 10.0. The van der Waals surface area contributed by atoms with E-state index in [0.29, 0.717) is 35.0 Å². The van der Waals surface area contributed by atoms with Crippen LogP contribution in [0.5, 0.6) is 11.6 Å². The van der Waals surface area contributed by atoms with Crippen molar-refractivity contribution in [2.24, 2.45) is 0 Å². The van der Waals surface area contributed by atoms with Gasteiger partial charge >= 0.3 is 5.69 Å². The van der Waals surface area contributed by atoms with Crippen molar-refractivity contribution in [2.75, 3.05) is 0 Å². The number of furan rings is 1. The molecule has 0 fully saturated rings. The molecule has 0 saturated carbocycles. The van der Waals surface area contributed by atoms with Crippen LogP contribution in [0.4, 0.5) is 0 Å². The quantitative estimate of drug-likeness (QED) is 0.508. The second-order valence-corrected chi connectivity index (χ2v) is 7.27. The van der Waals surface area contributed by atoms with Gasteiger partial charge in [-0.3, -0.25) is 14.3 Å². The van der Waals surface area contributed by atoms with Crippen molar-refractivity contribution in [3.8, 4) is 22.9 Å². The number of unbranched alkanes of at least 4 members (excludes halogenated alkanes) is 1. The van der Waals surface area contributed by atoms with Gasteiger partial charge in [-0.1, -0.05) is 13.3 Å². The summed E-state index contributed by atoms with van der Waals surface area (Å²) in [6.45, 7) is 6.29. The number of hydrogen-bond acceptors (Lipinski definition) is 5. The fraction of sp³-hybridized carbons (Fsp3) is 0.261. The van der Waals surface area contributed by atoms with Crippen LogP contribution in [-0.2, 0) is 6.54 Å². The molecular weight excluding hydrogens is 382 g/mol. The molecule has 0 aliphatic rings. The fourth-order valence-electron chi connectivity index (χ4n) is 3.57. The molecule has 0 unspecified atom stereocenters. The lowest BCUT2D eigenvalue weighted by Crippen LogP contribution is -2.33. The normalized spacial score (nSPS) is 11.2. The zero-order valence-corrected chi connectivity index (χ0v) is 17.2. The average Bonchev–Trinajstić information content (AvgIpc) is 3.20. The first kappa shape index (κ1) is 19.7. The molecule has 3 aromatic heterocycles. The molecule has 7 nitrogen and oxygen atoms in total. The van der Waals surface area contributed by atoms with Crippen molar-refractivity contribution in [3.05, 3.63) is 74.8 Å². The number of nitrogens with one attached hydrogen (secondary N) is 1. The maximum absolute atomic E-state index is 12.5. The van der Waals surface area contributed by atoms with E-state index in [0.717, 1.165) is 29.4 Å². The van der Waals surface area contributed by atoms with Crippen LogP contribution in [0.1, 0.15) is 30.9 Å². The van der Waals surface area contributed by atoms with E-state index in [9.17, 15) is 9.59 Å². The Morgan fingerprint density at radius 3 is 2.77 bits per heavy atom. The third-order valence-electron chi connectivity index (χ3n) is 5.18. The molecule has 7 heteroatoms. The lowest BCUT2D eigenvalue weighted by molar-refractivity contribution is 0.468. The average molecular weight is 405 g/mol. The number of rotatable bonds is 6. The van der Waals surface area contributed by atoms with Crippen LogP contribution in [-0.4, -0.2) is 14.5 Å². The highest BCUT2D eigenvalue weighted by Gasteiger charge is 2.16. The molecule has 4 rings (SSSR count). The van der Waals surface area contributed by atoms with Crippen molar-refractivity contribution in [1.82, 2.24) is 14.5 Å². The van der Waals surface area contributed by atoms with E-state index >= 15 is 0 Å². The minimum absolute atomic E-state index is 0.363. The minimum Gasteiger partial charge on any atom is -0.464 e. The molecule has 0 atom stereocenters. The van der Waals surface area contributed by atoms with Gasteiger partial charge in [0.05, 0.1) is 17.3 Å². The van der Waals surface area contributed by atoms with Crippen LogP contribution in [0.15, 0.2) is 56.8 Å². The van der Waals surface area contributed by atoms with Crippen molar-refractivity contribution in [2.45, 2.75) is 40.2 Å². The third-order valence-corrected chi connectivity index (χ3v) is 5.18. The van der Waals surface area contributed by atoms with E-state index in [1.54, 1.807) is 30.0 Å². The Morgan fingerprint density at radius 2 is 2.00 bits per heavy atom. The maximum Gasteiger partial charge on any atom is 0.328 e. The smallest absolute Gasteiger partial charge is 0.328 e. The van der Waals surface area contributed by atoms with E-state index in [2.05, 4.69) is 16.9 Å². The largest absolute Gasteiger partial charge is 0.464 e. The summed E-state index contributed by atoms with van der Waals surface area (Å²) in [5, 5.41) is 0.790. The fourth-order valence-corrected chi connectivity index (χ4v) is 3.57. The van der Waals surface area contributed by atoms with E-state index < -0.39 is 0 Å². The lowest BCUT2D eigenvalue weighted by Gasteiger charge is -2.17. The summed E-state index contributed by atoms with van der Waals surface area (Å²) < 4.78 is 13.0. The van der Waals surface area contributed by atoms with Crippen molar-refractivity contribution < 1.29 is 9.15 Å². The van der Waals surface area contributed by atoms with Gasteiger partial charge < -0.3 is 9.15 Å². The highest BCUT2D eigenvalue weighted by atomic mass is 16.5. The summed E-state index contributed by atoms with van der Waals surface area (Å²) in [5.74, 6) is 1.07. The molecule has 1 N–H and O–H groups in total. The Morgan fingerprint density at radius 1 is 1.17 bits per heavy atom. The van der Waals surface area contributed by atoms with Crippen LogP contribution in [0.25, 0.3) is 22.2 Å². The Hall–Kier alpha value is -3.61. The third kappa shape index (κ3) is 3.54. The van der Waals surface area contributed by atoms with Gasteiger partial charge in [0.2, 0.25) is 5.88 Å². The van der Waals surface area contributed by atoms with Gasteiger partial charge in [-0.05, 0) is 56.2 Å². The van der Waals surface area contributed by atoms with Crippen LogP contribution in [0.3, 0.4) is 0 Å². The van der Waals surface area contributed by atoms with Crippen molar-refractivity contribution >= 4 is 11.0 Å². The molecule has 154 valence electrons. The van der Waals surface area contributed by atoms with Gasteiger partial charge in [0.25, 0.3) is 5.56 Å². The molecule has 0 spiro atoms. The highest BCUT2D eigenvalue weighted by Crippen LogP contribution is 2.32. The van der Waals surface area contributed by atoms with Gasteiger partial charge in [-0.15, -0.1) is 0 Å². The monoisotopic (exact) mass is 405 g/mol. The number of H-pyrrole nitrogens is 1. The summed E-state index contributed by atoms with van der Waals surface area (Å²) >= 11 is 0. The van der Waals surface area contributed by atoms with E-state index in [1.165, 1.54) is 0 Å². The van der Waals surface area contributed by atoms with Crippen molar-refractivity contribution in [3.63, 3.8) is 0 Å². The first-order chi connectivity index (χ1) is 14.5. The number of aromatic amines is 1. The molecule has 0 saturated heterocycles. The molecule has 30 heavy (non-hydrogen) atoms. The van der Waals surface area contributed by atoms with E-state index in [-0.39, 0.29) is 11.2 Å². The number of hydrogen-bond donors (Lipinski definition) is 1. The number of ether oxygens (including phenoxy) is 1. The Bertz CT molecular complexity index is 1330. The van der Waals surface area contributed by atoms with Gasteiger partial charge in [0.1, 0.15) is 11.3 Å². The topological polar surface area (TPSA) is 90.1 Å². The SMILES string of the molecule is CCCCn1c(-c2ccc(Oc3nccc4occc34)cc2C)c(C)c(=O)[nH]c1=O. The number of pyridine rings is 1. The molecule has 0 aliphatic carbocycles. The predicted molar refractivity (Wildman–Crippen MR) is 115 cm³/mol. The minimum atomic E-state index is -0.385. The maximum atomic E-state index is 12.5. The standard InChI is InChI=1S/C23H23N3O4/c1-4-5-11-26-20(15(3)21(27)25-23(26)28)17-7-6-16(13-14(17)2)30-22-18-9-12-29-19(18)8-10-24-22/h6-10,12-13H,4-5,11H2,1-3H3,(H,25,27,28). The first-order valence-electron chi connectivity index (χ1n) is 9.94. The number of aromatic nitrogens is 3. The molecule has 0 bridgehead atoms. The second-order valence-electron chi connectivity index (χ2n) is 7.27. The summed E-state index contributed by atoms with van der Waals surface area (Å²) in [4.78, 5) is 31.5. The van der Waals surface area contributed by atoms with Gasteiger partial charge in [0.15, 0.2) is 0 Å². The number of fused-ring (bicyclic) bond motifs is 1. The molecule has 0 radical (unpaired) electrons. The zero-order chi connectivity index (χ0) is 21.3. The highest BCUT2D eigenvalue weighted by molar-refractivity contribution is 5.82. The van der Waals surface area contributed by atoms with Crippen LogP contribution in [0, 0.1) is 13.8 Å². The van der Waals surface area contributed by atoms with Crippen LogP contribution >= 0.6 is 0 Å². The molecular formula is C23H23N3O4. The van der Waals surface area contributed by atoms with E-state index in [4.69, 9.17) is 9.15 Å². The Labute approximate surface area is 173 Å². The van der Waals surface area contributed by atoms with Gasteiger partial charge in [-0.25, -0.2) is 9.78 Å². The second kappa shape index (κ2) is 8.02. The van der Waals surface area contributed by atoms with Crippen molar-refractivity contribution in [1.29, 1.82) is 0 Å². The summed E-state index contributed by atoms with van der Waals surface area (Å²) in [6.07, 6.45) is 5.02. The molecule has 0 amide bonds. The zero-order valence-electron chi connectivity index (χ0n) is 17.2. The molecule has 4 aromatic rings. The van der Waals surface area contributed by atoms with Crippen LogP contribution < -0.4 is 16.0 Å². The predicted octanol–water partition coefficient (Wildman–Crippen LogP) is 4.55.